The number of amides is 1. The molecule has 1 aliphatic rings. The molecule has 1 saturated heterocycles. The van der Waals surface area contributed by atoms with Gasteiger partial charge >= 0.3 is 0 Å². The molecular weight excluding hydrogens is 278 g/mol. The Balaban J connectivity index is 1.84. The zero-order chi connectivity index (χ0) is 14.6. The van der Waals surface area contributed by atoms with E-state index < -0.39 is 10.1 Å². The zero-order valence-corrected chi connectivity index (χ0v) is 12.3. The first-order valence-electron chi connectivity index (χ1n) is 6.64. The van der Waals surface area contributed by atoms with Gasteiger partial charge in [-0.05, 0) is 30.9 Å². The molecule has 0 unspecified atom stereocenters. The average molecular weight is 297 g/mol. The van der Waals surface area contributed by atoms with Crippen LogP contribution in [0.3, 0.4) is 0 Å². The van der Waals surface area contributed by atoms with Gasteiger partial charge < -0.3 is 4.90 Å². The smallest absolute Gasteiger partial charge is 0.264 e. The van der Waals surface area contributed by atoms with Crippen molar-refractivity contribution in [2.75, 3.05) is 26.0 Å². The van der Waals surface area contributed by atoms with Crippen LogP contribution in [0.25, 0.3) is 0 Å². The van der Waals surface area contributed by atoms with Crippen molar-refractivity contribution < 1.29 is 17.4 Å². The van der Waals surface area contributed by atoms with Gasteiger partial charge in [-0.3, -0.25) is 8.98 Å². The highest BCUT2D eigenvalue weighted by atomic mass is 32.2. The molecule has 1 aliphatic heterocycles. The first-order valence-corrected chi connectivity index (χ1v) is 8.46. The summed E-state index contributed by atoms with van der Waals surface area (Å²) in [6, 6.07) is 9.19. The molecule has 0 N–H and O–H groups in total. The molecule has 1 aromatic rings. The maximum absolute atomic E-state index is 12.2. The minimum Gasteiger partial charge on any atom is -0.339 e. The van der Waals surface area contributed by atoms with Gasteiger partial charge in [0.15, 0.2) is 0 Å². The highest BCUT2D eigenvalue weighted by Crippen LogP contribution is 2.19. The molecule has 110 valence electrons. The third-order valence-corrected chi connectivity index (χ3v) is 4.00. The largest absolute Gasteiger partial charge is 0.339 e. The molecule has 0 bridgehead atoms. The van der Waals surface area contributed by atoms with E-state index in [-0.39, 0.29) is 18.4 Å². The Morgan fingerprint density at radius 2 is 1.85 bits per heavy atom. The van der Waals surface area contributed by atoms with Gasteiger partial charge in [0.2, 0.25) is 0 Å². The van der Waals surface area contributed by atoms with E-state index in [4.69, 9.17) is 4.18 Å². The number of benzene rings is 1. The van der Waals surface area contributed by atoms with E-state index in [1.165, 1.54) is 0 Å². The Morgan fingerprint density at radius 3 is 2.40 bits per heavy atom. The third-order valence-electron chi connectivity index (χ3n) is 3.44. The van der Waals surface area contributed by atoms with E-state index in [9.17, 15) is 13.2 Å². The standard InChI is InChI=1S/C14H19NO4S/c1-20(17,18)19-11-12-7-9-15(10-8-12)14(16)13-5-3-2-4-6-13/h2-6,12H,7-11H2,1H3. The molecule has 2 rings (SSSR count). The lowest BCUT2D eigenvalue weighted by Gasteiger charge is -2.31. The van der Waals surface area contributed by atoms with Crippen molar-refractivity contribution in [3.05, 3.63) is 35.9 Å². The predicted molar refractivity (Wildman–Crippen MR) is 75.9 cm³/mol. The number of rotatable bonds is 4. The van der Waals surface area contributed by atoms with Gasteiger partial charge in [0.25, 0.3) is 16.0 Å². The number of likely N-dealkylation sites (tertiary alicyclic amines) is 1. The second-order valence-corrected chi connectivity index (χ2v) is 6.73. The fraction of sp³-hybridized carbons (Fsp3) is 0.500. The van der Waals surface area contributed by atoms with Crippen LogP contribution in [-0.2, 0) is 14.3 Å². The van der Waals surface area contributed by atoms with E-state index >= 15 is 0 Å². The lowest BCUT2D eigenvalue weighted by atomic mass is 9.97. The first-order chi connectivity index (χ1) is 9.46. The van der Waals surface area contributed by atoms with Gasteiger partial charge in [-0.25, -0.2) is 0 Å². The molecule has 1 heterocycles. The minimum atomic E-state index is -3.38. The molecule has 20 heavy (non-hydrogen) atoms. The third kappa shape index (κ3) is 4.31. The van der Waals surface area contributed by atoms with Crippen LogP contribution in [0, 0.1) is 5.92 Å². The van der Waals surface area contributed by atoms with Gasteiger partial charge in [-0.2, -0.15) is 8.42 Å². The molecule has 6 heteroatoms. The van der Waals surface area contributed by atoms with Crippen LogP contribution in [0.2, 0.25) is 0 Å². The molecule has 1 fully saturated rings. The van der Waals surface area contributed by atoms with Crippen LogP contribution in [-0.4, -0.2) is 45.2 Å². The Bertz CT molecular complexity index is 548. The number of piperidine rings is 1. The molecule has 1 amide bonds. The van der Waals surface area contributed by atoms with Crippen LogP contribution >= 0.6 is 0 Å². The number of nitrogens with zero attached hydrogens (tertiary/aromatic N) is 1. The summed E-state index contributed by atoms with van der Waals surface area (Å²) in [4.78, 5) is 14.0. The van der Waals surface area contributed by atoms with Crippen molar-refractivity contribution in [2.45, 2.75) is 12.8 Å². The van der Waals surface area contributed by atoms with Gasteiger partial charge in [0.1, 0.15) is 0 Å². The molecule has 0 aromatic heterocycles. The van der Waals surface area contributed by atoms with E-state index in [0.29, 0.717) is 18.7 Å². The zero-order valence-electron chi connectivity index (χ0n) is 11.5. The molecule has 5 nitrogen and oxygen atoms in total. The summed E-state index contributed by atoms with van der Waals surface area (Å²) in [6.07, 6.45) is 2.60. The topological polar surface area (TPSA) is 63.7 Å². The summed E-state index contributed by atoms with van der Waals surface area (Å²) >= 11 is 0. The fourth-order valence-electron chi connectivity index (χ4n) is 2.29. The van der Waals surface area contributed by atoms with Crippen LogP contribution < -0.4 is 0 Å². The van der Waals surface area contributed by atoms with Crippen molar-refractivity contribution >= 4 is 16.0 Å². The maximum atomic E-state index is 12.2. The van der Waals surface area contributed by atoms with Crippen molar-refractivity contribution in [3.8, 4) is 0 Å². The Kier molecular flexibility index (Phi) is 4.77. The molecule has 0 saturated carbocycles. The van der Waals surface area contributed by atoms with E-state index in [2.05, 4.69) is 0 Å². The molecule has 0 aliphatic carbocycles. The van der Waals surface area contributed by atoms with Gasteiger partial charge in [-0.1, -0.05) is 18.2 Å². The molecule has 0 radical (unpaired) electrons. The van der Waals surface area contributed by atoms with E-state index in [1.807, 2.05) is 23.1 Å². The lowest BCUT2D eigenvalue weighted by molar-refractivity contribution is 0.0663. The number of carbonyl (C=O) groups is 1. The number of hydrogen-bond acceptors (Lipinski definition) is 4. The summed E-state index contributed by atoms with van der Waals surface area (Å²) in [7, 11) is -3.38. The second kappa shape index (κ2) is 6.37. The predicted octanol–water partition coefficient (Wildman–Crippen LogP) is 1.51. The van der Waals surface area contributed by atoms with Crippen molar-refractivity contribution in [1.82, 2.24) is 4.90 Å². The van der Waals surface area contributed by atoms with Crippen molar-refractivity contribution in [3.63, 3.8) is 0 Å². The highest BCUT2D eigenvalue weighted by molar-refractivity contribution is 7.85. The van der Waals surface area contributed by atoms with Crippen molar-refractivity contribution in [1.29, 1.82) is 0 Å². The van der Waals surface area contributed by atoms with Crippen molar-refractivity contribution in [2.24, 2.45) is 5.92 Å². The van der Waals surface area contributed by atoms with Crippen LogP contribution in [0.1, 0.15) is 23.2 Å². The summed E-state index contributed by atoms with van der Waals surface area (Å²) in [5.74, 6) is 0.234. The summed E-state index contributed by atoms with van der Waals surface area (Å²) in [5.41, 5.74) is 0.693. The monoisotopic (exact) mass is 297 g/mol. The van der Waals surface area contributed by atoms with Crippen LogP contribution in [0.5, 0.6) is 0 Å². The SMILES string of the molecule is CS(=O)(=O)OCC1CCN(C(=O)c2ccccc2)CC1. The molecule has 0 atom stereocenters. The maximum Gasteiger partial charge on any atom is 0.264 e. The lowest BCUT2D eigenvalue weighted by Crippen LogP contribution is -2.39. The summed E-state index contributed by atoms with van der Waals surface area (Å²) < 4.78 is 26.7. The molecule has 1 aromatic carbocycles. The van der Waals surface area contributed by atoms with E-state index in [1.54, 1.807) is 12.1 Å². The van der Waals surface area contributed by atoms with Gasteiger partial charge in [0.05, 0.1) is 12.9 Å². The minimum absolute atomic E-state index is 0.0353. The number of hydrogen-bond donors (Lipinski definition) is 0. The summed E-state index contributed by atoms with van der Waals surface area (Å²) in [5, 5.41) is 0. The highest BCUT2D eigenvalue weighted by Gasteiger charge is 2.24. The molecular formula is C14H19NO4S. The van der Waals surface area contributed by atoms with Gasteiger partial charge in [0, 0.05) is 18.7 Å². The second-order valence-electron chi connectivity index (χ2n) is 5.09. The van der Waals surface area contributed by atoms with E-state index in [0.717, 1.165) is 19.1 Å². The normalized spacial score (nSPS) is 17.1. The number of carbonyl (C=O) groups excluding carboxylic acids is 1. The first kappa shape index (κ1) is 15.0. The fourth-order valence-corrected chi connectivity index (χ4v) is 2.73. The quantitative estimate of drug-likeness (QED) is 0.790. The van der Waals surface area contributed by atoms with Crippen LogP contribution in [0.4, 0.5) is 0 Å². The van der Waals surface area contributed by atoms with Crippen LogP contribution in [0.15, 0.2) is 30.3 Å². The molecule has 0 spiro atoms. The average Bonchev–Trinajstić information content (AvgIpc) is 2.45. The van der Waals surface area contributed by atoms with Gasteiger partial charge in [-0.15, -0.1) is 0 Å². The summed E-state index contributed by atoms with van der Waals surface area (Å²) in [6.45, 7) is 1.50. The Morgan fingerprint density at radius 1 is 1.25 bits per heavy atom. The Hall–Kier alpha value is -1.40. The Labute approximate surface area is 119 Å².